The van der Waals surface area contributed by atoms with Crippen LogP contribution in [0.1, 0.15) is 5.56 Å². The molecule has 4 aromatic rings. The van der Waals surface area contributed by atoms with Crippen molar-refractivity contribution in [3.05, 3.63) is 87.2 Å². The van der Waals surface area contributed by atoms with Gasteiger partial charge in [0, 0.05) is 12.7 Å². The zero-order chi connectivity index (χ0) is 25.7. The van der Waals surface area contributed by atoms with Crippen LogP contribution < -0.4 is 30.8 Å². The molecule has 4 rings (SSSR count). The number of fused-ring (bicyclic) bond motifs is 1. The lowest BCUT2D eigenvalue weighted by Gasteiger charge is -2.15. The van der Waals surface area contributed by atoms with E-state index in [4.69, 9.17) is 14.2 Å². The van der Waals surface area contributed by atoms with Gasteiger partial charge in [-0.3, -0.25) is 18.7 Å². The summed E-state index contributed by atoms with van der Waals surface area (Å²) in [5.74, 6) is 1.17. The molecule has 0 aliphatic rings. The number of aromatic nitrogens is 3. The van der Waals surface area contributed by atoms with Crippen molar-refractivity contribution in [3.63, 3.8) is 0 Å². The maximum Gasteiger partial charge on any atom is 0.332 e. The Balaban J connectivity index is 1.67. The molecule has 0 saturated heterocycles. The first-order valence-electron chi connectivity index (χ1n) is 11.2. The predicted octanol–water partition coefficient (Wildman–Crippen LogP) is 2.47. The fourth-order valence-corrected chi connectivity index (χ4v) is 3.95. The van der Waals surface area contributed by atoms with E-state index in [0.29, 0.717) is 29.4 Å². The van der Waals surface area contributed by atoms with Crippen LogP contribution in [0.3, 0.4) is 0 Å². The van der Waals surface area contributed by atoms with E-state index in [1.165, 1.54) is 25.0 Å². The van der Waals surface area contributed by atoms with E-state index >= 15 is 0 Å². The Labute approximate surface area is 206 Å². The van der Waals surface area contributed by atoms with E-state index < -0.39 is 17.2 Å². The first-order chi connectivity index (χ1) is 17.5. The molecule has 36 heavy (non-hydrogen) atoms. The second-order valence-corrected chi connectivity index (χ2v) is 7.88. The number of carbonyl (C=O) groups excluding carboxylic acids is 1. The standard InChI is InChI=1S/C26H26N4O6/c1-34-20-9-5-4-7-18(20)28-23(31)16-30-19-8-6-13-27-24(19)25(32)29(26(30)33)14-12-17-10-11-21(35-2)22(15-17)36-3/h4-11,13,15H,12,14,16H2,1-3H3,(H,28,31). The van der Waals surface area contributed by atoms with Crippen molar-refractivity contribution in [2.45, 2.75) is 19.5 Å². The summed E-state index contributed by atoms with van der Waals surface area (Å²) in [5.41, 5.74) is 0.593. The first kappa shape index (κ1) is 24.5. The molecule has 10 nitrogen and oxygen atoms in total. The minimum atomic E-state index is -0.601. The number of hydrogen-bond acceptors (Lipinski definition) is 7. The number of anilines is 1. The van der Waals surface area contributed by atoms with Crippen molar-refractivity contribution in [2.75, 3.05) is 26.6 Å². The summed E-state index contributed by atoms with van der Waals surface area (Å²) in [7, 11) is 4.59. The van der Waals surface area contributed by atoms with Crippen LogP contribution in [0.5, 0.6) is 17.2 Å². The van der Waals surface area contributed by atoms with Crippen molar-refractivity contribution < 1.29 is 19.0 Å². The zero-order valence-electron chi connectivity index (χ0n) is 20.2. The molecule has 0 aliphatic carbocycles. The number of nitrogens with zero attached hydrogens (tertiary/aromatic N) is 3. The minimum absolute atomic E-state index is 0.0911. The van der Waals surface area contributed by atoms with Gasteiger partial charge in [0.25, 0.3) is 5.56 Å². The summed E-state index contributed by atoms with van der Waals surface area (Å²) < 4.78 is 18.2. The fraction of sp³-hybridized carbons (Fsp3) is 0.231. The highest BCUT2D eigenvalue weighted by Crippen LogP contribution is 2.27. The molecule has 10 heteroatoms. The molecule has 0 bridgehead atoms. The molecule has 0 radical (unpaired) electrons. The van der Waals surface area contributed by atoms with Crippen LogP contribution in [0.25, 0.3) is 11.0 Å². The molecule has 0 spiro atoms. The Morgan fingerprint density at radius 1 is 0.889 bits per heavy atom. The third-order valence-electron chi connectivity index (χ3n) is 5.74. The van der Waals surface area contributed by atoms with Gasteiger partial charge in [-0.15, -0.1) is 0 Å². The highest BCUT2D eigenvalue weighted by Gasteiger charge is 2.17. The number of para-hydroxylation sites is 2. The Morgan fingerprint density at radius 3 is 2.39 bits per heavy atom. The van der Waals surface area contributed by atoms with Gasteiger partial charge in [-0.1, -0.05) is 18.2 Å². The SMILES string of the molecule is COc1ccccc1NC(=O)Cn1c(=O)n(CCc2ccc(OC)c(OC)c2)c(=O)c2ncccc21. The number of nitrogens with one attached hydrogen (secondary N) is 1. The maximum absolute atomic E-state index is 13.4. The molecule has 1 amide bonds. The van der Waals surface area contributed by atoms with E-state index in [0.717, 1.165) is 10.1 Å². The van der Waals surface area contributed by atoms with Crippen LogP contribution in [0.15, 0.2) is 70.4 Å². The normalized spacial score (nSPS) is 10.8. The predicted molar refractivity (Wildman–Crippen MR) is 135 cm³/mol. The maximum atomic E-state index is 13.4. The summed E-state index contributed by atoms with van der Waals surface area (Å²) >= 11 is 0. The fourth-order valence-electron chi connectivity index (χ4n) is 3.95. The molecule has 2 heterocycles. The Kier molecular flexibility index (Phi) is 7.33. The van der Waals surface area contributed by atoms with Gasteiger partial charge in [0.2, 0.25) is 5.91 Å². The van der Waals surface area contributed by atoms with E-state index in [1.54, 1.807) is 55.6 Å². The lowest BCUT2D eigenvalue weighted by molar-refractivity contribution is -0.116. The van der Waals surface area contributed by atoms with Crippen LogP contribution in [-0.2, 0) is 24.3 Å². The third-order valence-corrected chi connectivity index (χ3v) is 5.74. The number of rotatable bonds is 9. The van der Waals surface area contributed by atoms with E-state index in [1.807, 2.05) is 6.07 Å². The van der Waals surface area contributed by atoms with E-state index in [-0.39, 0.29) is 24.1 Å². The molecule has 186 valence electrons. The highest BCUT2D eigenvalue weighted by molar-refractivity contribution is 5.92. The van der Waals surface area contributed by atoms with Gasteiger partial charge in [-0.2, -0.15) is 0 Å². The summed E-state index contributed by atoms with van der Waals surface area (Å²) in [5, 5.41) is 2.76. The lowest BCUT2D eigenvalue weighted by atomic mass is 10.1. The summed E-state index contributed by atoms with van der Waals surface area (Å²) in [6, 6.07) is 15.6. The van der Waals surface area contributed by atoms with Crippen LogP contribution >= 0.6 is 0 Å². The van der Waals surface area contributed by atoms with Gasteiger partial charge in [-0.05, 0) is 48.4 Å². The van der Waals surface area contributed by atoms with Crippen LogP contribution in [0.4, 0.5) is 5.69 Å². The molecule has 0 aliphatic heterocycles. The number of pyridine rings is 1. The molecule has 0 unspecified atom stereocenters. The molecule has 1 N–H and O–H groups in total. The number of hydrogen-bond donors (Lipinski definition) is 1. The Morgan fingerprint density at radius 2 is 1.64 bits per heavy atom. The van der Waals surface area contributed by atoms with Gasteiger partial charge in [0.1, 0.15) is 12.3 Å². The quantitative estimate of drug-likeness (QED) is 0.383. The second kappa shape index (κ2) is 10.8. The zero-order valence-corrected chi connectivity index (χ0v) is 20.2. The van der Waals surface area contributed by atoms with Crippen molar-refractivity contribution in [3.8, 4) is 17.2 Å². The van der Waals surface area contributed by atoms with Crippen molar-refractivity contribution in [2.24, 2.45) is 0 Å². The largest absolute Gasteiger partial charge is 0.495 e. The minimum Gasteiger partial charge on any atom is -0.495 e. The average Bonchev–Trinajstić information content (AvgIpc) is 2.91. The lowest BCUT2D eigenvalue weighted by Crippen LogP contribution is -2.42. The number of amides is 1. The topological polar surface area (TPSA) is 114 Å². The molecule has 2 aromatic heterocycles. The van der Waals surface area contributed by atoms with E-state index in [2.05, 4.69) is 10.3 Å². The smallest absolute Gasteiger partial charge is 0.332 e. The van der Waals surface area contributed by atoms with Crippen molar-refractivity contribution >= 4 is 22.6 Å². The van der Waals surface area contributed by atoms with Gasteiger partial charge >= 0.3 is 5.69 Å². The van der Waals surface area contributed by atoms with Crippen molar-refractivity contribution in [1.82, 2.24) is 14.1 Å². The van der Waals surface area contributed by atoms with Gasteiger partial charge in [0.05, 0.1) is 32.5 Å². The number of carbonyl (C=O) groups is 1. The molecular formula is C26H26N4O6. The molecule has 0 atom stereocenters. The number of ether oxygens (including phenoxy) is 3. The van der Waals surface area contributed by atoms with Crippen LogP contribution in [0, 0.1) is 0 Å². The number of benzene rings is 2. The van der Waals surface area contributed by atoms with Gasteiger partial charge in [0.15, 0.2) is 17.0 Å². The van der Waals surface area contributed by atoms with Crippen molar-refractivity contribution in [1.29, 1.82) is 0 Å². The third kappa shape index (κ3) is 4.92. The van der Waals surface area contributed by atoms with E-state index in [9.17, 15) is 14.4 Å². The number of aryl methyl sites for hydroxylation is 1. The Bertz CT molecular complexity index is 1530. The monoisotopic (exact) mass is 490 g/mol. The Hall–Kier alpha value is -4.60. The molecule has 0 saturated carbocycles. The summed E-state index contributed by atoms with van der Waals surface area (Å²) in [6.07, 6.45) is 1.85. The molecular weight excluding hydrogens is 464 g/mol. The summed E-state index contributed by atoms with van der Waals surface area (Å²) in [6.45, 7) is -0.219. The summed E-state index contributed by atoms with van der Waals surface area (Å²) in [4.78, 5) is 43.6. The first-order valence-corrected chi connectivity index (χ1v) is 11.2. The number of methoxy groups -OCH3 is 3. The molecule has 2 aromatic carbocycles. The van der Waals surface area contributed by atoms with Crippen LogP contribution in [0.2, 0.25) is 0 Å². The average molecular weight is 491 g/mol. The van der Waals surface area contributed by atoms with Gasteiger partial charge < -0.3 is 19.5 Å². The second-order valence-electron chi connectivity index (χ2n) is 7.88. The molecule has 0 fully saturated rings. The van der Waals surface area contributed by atoms with Crippen LogP contribution in [-0.4, -0.2) is 41.4 Å². The highest BCUT2D eigenvalue weighted by atomic mass is 16.5. The van der Waals surface area contributed by atoms with Gasteiger partial charge in [-0.25, -0.2) is 9.78 Å².